The number of nitrogens with one attached hydrogen (secondary N) is 2. The molecule has 0 spiro atoms. The first-order valence-corrected chi connectivity index (χ1v) is 6.24. The second-order valence-electron chi connectivity index (χ2n) is 4.36. The van der Waals surface area contributed by atoms with Crippen LogP contribution in [0.2, 0.25) is 0 Å². The van der Waals surface area contributed by atoms with Gasteiger partial charge in [-0.25, -0.2) is 0 Å². The topological polar surface area (TPSA) is 48.0 Å². The zero-order valence-electron chi connectivity index (χ0n) is 10.2. The highest BCUT2D eigenvalue weighted by Crippen LogP contribution is 2.17. The summed E-state index contributed by atoms with van der Waals surface area (Å²) in [4.78, 5) is 3.27. The third-order valence-electron chi connectivity index (χ3n) is 3.23. The van der Waals surface area contributed by atoms with Crippen LogP contribution < -0.4 is 5.32 Å². The van der Waals surface area contributed by atoms with E-state index in [9.17, 15) is 0 Å². The van der Waals surface area contributed by atoms with E-state index in [0.717, 1.165) is 19.4 Å². The maximum atomic E-state index is 8.95. The Morgan fingerprint density at radius 3 is 2.94 bits per heavy atom. The molecule has 0 bridgehead atoms. The van der Waals surface area contributed by atoms with Crippen LogP contribution in [0.25, 0.3) is 10.9 Å². The molecule has 0 radical (unpaired) electrons. The van der Waals surface area contributed by atoms with E-state index in [-0.39, 0.29) is 6.61 Å². The van der Waals surface area contributed by atoms with Crippen LogP contribution in [0.3, 0.4) is 0 Å². The van der Waals surface area contributed by atoms with Crippen LogP contribution in [0.5, 0.6) is 0 Å². The third kappa shape index (κ3) is 2.87. The number of H-pyrrole nitrogens is 1. The summed E-state index contributed by atoms with van der Waals surface area (Å²) in [6, 6.07) is 8.72. The largest absolute Gasteiger partial charge is 0.396 e. The molecule has 1 unspecified atom stereocenters. The predicted octanol–water partition coefficient (Wildman–Crippen LogP) is 2.42. The number of hydrogen-bond acceptors (Lipinski definition) is 2. The Kier molecular flexibility index (Phi) is 4.18. The SMILES string of the molecule is CCC(CCO)NCc1c[nH]c2ccccc12. The van der Waals surface area contributed by atoms with Crippen molar-refractivity contribution in [2.75, 3.05) is 6.61 Å². The molecule has 1 aromatic carbocycles. The van der Waals surface area contributed by atoms with Gasteiger partial charge >= 0.3 is 0 Å². The molecule has 92 valence electrons. The molecule has 0 aliphatic heterocycles. The summed E-state index contributed by atoms with van der Waals surface area (Å²) in [5.74, 6) is 0. The van der Waals surface area contributed by atoms with Crippen molar-refractivity contribution in [2.24, 2.45) is 0 Å². The van der Waals surface area contributed by atoms with Gasteiger partial charge in [0.2, 0.25) is 0 Å². The summed E-state index contributed by atoms with van der Waals surface area (Å²) in [6.07, 6.45) is 3.92. The number of fused-ring (bicyclic) bond motifs is 1. The Morgan fingerprint density at radius 1 is 1.35 bits per heavy atom. The highest BCUT2D eigenvalue weighted by molar-refractivity contribution is 5.82. The Morgan fingerprint density at radius 2 is 2.18 bits per heavy atom. The van der Waals surface area contributed by atoms with Crippen molar-refractivity contribution in [1.29, 1.82) is 0 Å². The monoisotopic (exact) mass is 232 g/mol. The normalized spacial score (nSPS) is 13.1. The van der Waals surface area contributed by atoms with Gasteiger partial charge in [0.25, 0.3) is 0 Å². The number of aliphatic hydroxyl groups is 1. The molecule has 3 nitrogen and oxygen atoms in total. The van der Waals surface area contributed by atoms with E-state index in [1.807, 2.05) is 6.07 Å². The number of hydrogen-bond donors (Lipinski definition) is 3. The highest BCUT2D eigenvalue weighted by Gasteiger charge is 2.07. The fourth-order valence-corrected chi connectivity index (χ4v) is 2.14. The Bertz CT molecular complexity index is 464. The molecule has 3 N–H and O–H groups in total. The lowest BCUT2D eigenvalue weighted by Gasteiger charge is -2.15. The predicted molar refractivity (Wildman–Crippen MR) is 70.9 cm³/mol. The van der Waals surface area contributed by atoms with Gasteiger partial charge in [-0.15, -0.1) is 0 Å². The molecule has 17 heavy (non-hydrogen) atoms. The lowest BCUT2D eigenvalue weighted by Crippen LogP contribution is -2.28. The van der Waals surface area contributed by atoms with Crippen LogP contribution in [0.4, 0.5) is 0 Å². The maximum absolute atomic E-state index is 8.95. The molecule has 0 aliphatic rings. The molecule has 1 heterocycles. The number of para-hydroxylation sites is 1. The van der Waals surface area contributed by atoms with Crippen LogP contribution >= 0.6 is 0 Å². The standard InChI is InChI=1S/C14H20N2O/c1-2-12(7-8-17)15-9-11-10-16-14-6-4-3-5-13(11)14/h3-6,10,12,15-17H,2,7-9H2,1H3. The van der Waals surface area contributed by atoms with Crippen molar-refractivity contribution in [3.63, 3.8) is 0 Å². The Balaban J connectivity index is 2.03. The molecule has 0 amide bonds. The molecule has 2 rings (SSSR count). The molecule has 1 atom stereocenters. The molecule has 2 aromatic rings. The second kappa shape index (κ2) is 5.84. The quantitative estimate of drug-likeness (QED) is 0.716. The van der Waals surface area contributed by atoms with E-state index in [1.165, 1.54) is 16.5 Å². The maximum Gasteiger partial charge on any atom is 0.0457 e. The average Bonchev–Trinajstić information content (AvgIpc) is 2.78. The third-order valence-corrected chi connectivity index (χ3v) is 3.23. The first-order chi connectivity index (χ1) is 8.35. The zero-order valence-corrected chi connectivity index (χ0v) is 10.2. The van der Waals surface area contributed by atoms with Crippen LogP contribution in [0, 0.1) is 0 Å². The number of aromatic nitrogens is 1. The number of rotatable bonds is 6. The first kappa shape index (κ1) is 12.1. The van der Waals surface area contributed by atoms with Gasteiger partial charge in [-0.1, -0.05) is 25.1 Å². The van der Waals surface area contributed by atoms with Crippen LogP contribution in [-0.4, -0.2) is 22.7 Å². The van der Waals surface area contributed by atoms with E-state index in [2.05, 4.69) is 41.6 Å². The lowest BCUT2D eigenvalue weighted by atomic mass is 10.1. The molecule has 3 heteroatoms. The molecule has 1 aromatic heterocycles. The van der Waals surface area contributed by atoms with Crippen molar-refractivity contribution in [3.05, 3.63) is 36.0 Å². The first-order valence-electron chi connectivity index (χ1n) is 6.24. The molecule has 0 aliphatic carbocycles. The Hall–Kier alpha value is -1.32. The number of benzene rings is 1. The van der Waals surface area contributed by atoms with Gasteiger partial charge in [-0.3, -0.25) is 0 Å². The summed E-state index contributed by atoms with van der Waals surface area (Å²) < 4.78 is 0. The summed E-state index contributed by atoms with van der Waals surface area (Å²) in [5.41, 5.74) is 2.47. The molecular weight excluding hydrogens is 212 g/mol. The lowest BCUT2D eigenvalue weighted by molar-refractivity contribution is 0.262. The molecule has 0 saturated heterocycles. The van der Waals surface area contributed by atoms with Crippen LogP contribution in [0.15, 0.2) is 30.5 Å². The van der Waals surface area contributed by atoms with Gasteiger partial charge in [0.15, 0.2) is 0 Å². The van der Waals surface area contributed by atoms with Gasteiger partial charge in [-0.2, -0.15) is 0 Å². The minimum Gasteiger partial charge on any atom is -0.396 e. The summed E-state index contributed by atoms with van der Waals surface area (Å²) >= 11 is 0. The van der Waals surface area contributed by atoms with E-state index in [1.54, 1.807) is 0 Å². The van der Waals surface area contributed by atoms with Crippen LogP contribution in [-0.2, 0) is 6.54 Å². The van der Waals surface area contributed by atoms with Crippen molar-refractivity contribution < 1.29 is 5.11 Å². The summed E-state index contributed by atoms with van der Waals surface area (Å²) in [6.45, 7) is 3.24. The molecule has 0 fully saturated rings. The van der Waals surface area contributed by atoms with Crippen molar-refractivity contribution >= 4 is 10.9 Å². The van der Waals surface area contributed by atoms with Gasteiger partial charge in [0.1, 0.15) is 0 Å². The fourth-order valence-electron chi connectivity index (χ4n) is 2.14. The van der Waals surface area contributed by atoms with Crippen molar-refractivity contribution in [3.8, 4) is 0 Å². The fraction of sp³-hybridized carbons (Fsp3) is 0.429. The summed E-state index contributed by atoms with van der Waals surface area (Å²) in [7, 11) is 0. The molecular formula is C14H20N2O. The van der Waals surface area contributed by atoms with E-state index in [0.29, 0.717) is 6.04 Å². The number of aromatic amines is 1. The van der Waals surface area contributed by atoms with Crippen molar-refractivity contribution in [1.82, 2.24) is 10.3 Å². The van der Waals surface area contributed by atoms with E-state index in [4.69, 9.17) is 5.11 Å². The average molecular weight is 232 g/mol. The van der Waals surface area contributed by atoms with E-state index < -0.39 is 0 Å². The smallest absolute Gasteiger partial charge is 0.0457 e. The van der Waals surface area contributed by atoms with Gasteiger partial charge in [0, 0.05) is 36.3 Å². The van der Waals surface area contributed by atoms with Gasteiger partial charge < -0.3 is 15.4 Å². The van der Waals surface area contributed by atoms with E-state index >= 15 is 0 Å². The highest BCUT2D eigenvalue weighted by atomic mass is 16.3. The van der Waals surface area contributed by atoms with Crippen molar-refractivity contribution in [2.45, 2.75) is 32.4 Å². The Labute approximate surface area is 102 Å². The summed E-state index contributed by atoms with van der Waals surface area (Å²) in [5, 5.41) is 13.7. The van der Waals surface area contributed by atoms with Gasteiger partial charge in [-0.05, 0) is 24.5 Å². The van der Waals surface area contributed by atoms with Crippen LogP contribution in [0.1, 0.15) is 25.3 Å². The van der Waals surface area contributed by atoms with Gasteiger partial charge in [0.05, 0.1) is 0 Å². The zero-order chi connectivity index (χ0) is 12.1. The number of aliphatic hydroxyl groups excluding tert-OH is 1. The minimum absolute atomic E-state index is 0.249. The minimum atomic E-state index is 0.249. The second-order valence-corrected chi connectivity index (χ2v) is 4.36. The molecule has 0 saturated carbocycles.